The number of carbonyl (C=O) groups excluding carboxylic acids is 1. The van der Waals surface area contributed by atoms with E-state index in [4.69, 9.17) is 0 Å². The molecule has 5 nitrogen and oxygen atoms in total. The van der Waals surface area contributed by atoms with Crippen LogP contribution in [0, 0.1) is 5.92 Å². The van der Waals surface area contributed by atoms with E-state index < -0.39 is 5.92 Å². The molecular weight excluding hydrogens is 326 g/mol. The van der Waals surface area contributed by atoms with Gasteiger partial charge in [-0.15, -0.1) is 0 Å². The summed E-state index contributed by atoms with van der Waals surface area (Å²) in [5.41, 5.74) is 0.875. The molecule has 0 saturated carbocycles. The zero-order chi connectivity index (χ0) is 17.4. The summed E-state index contributed by atoms with van der Waals surface area (Å²) in [7, 11) is 0. The summed E-state index contributed by atoms with van der Waals surface area (Å²) in [6.07, 6.45) is 1.81. The third-order valence-corrected chi connectivity index (χ3v) is 5.17. The number of amides is 1. The van der Waals surface area contributed by atoms with Gasteiger partial charge in [0.05, 0.1) is 11.4 Å². The number of hydrogen-bond donors (Lipinski definition) is 0. The average Bonchev–Trinajstić information content (AvgIpc) is 3.10. The Morgan fingerprint density at radius 1 is 1.12 bits per heavy atom. The van der Waals surface area contributed by atoms with Gasteiger partial charge in [-0.3, -0.25) is 4.79 Å². The predicted octanol–water partition coefficient (Wildman–Crippen LogP) is 2.71. The number of rotatable bonds is 2. The number of benzene rings is 1. The number of piperidine rings is 1. The van der Waals surface area contributed by atoms with Gasteiger partial charge in [0.2, 0.25) is 5.91 Å². The van der Waals surface area contributed by atoms with Crippen molar-refractivity contribution < 1.29 is 13.6 Å². The molecule has 132 valence electrons. The molecule has 1 unspecified atom stereocenters. The fourth-order valence-corrected chi connectivity index (χ4v) is 3.71. The van der Waals surface area contributed by atoms with Crippen LogP contribution in [0.1, 0.15) is 19.3 Å². The first-order chi connectivity index (χ1) is 12.0. The van der Waals surface area contributed by atoms with E-state index >= 15 is 0 Å². The van der Waals surface area contributed by atoms with Crippen LogP contribution in [0.25, 0.3) is 10.9 Å². The van der Waals surface area contributed by atoms with Crippen molar-refractivity contribution in [1.29, 1.82) is 0 Å². The van der Waals surface area contributed by atoms with Crippen LogP contribution in [0.15, 0.2) is 30.6 Å². The third kappa shape index (κ3) is 3.15. The highest BCUT2D eigenvalue weighted by atomic mass is 19.3. The molecule has 0 N–H and O–H groups in total. The first kappa shape index (κ1) is 16.2. The van der Waals surface area contributed by atoms with E-state index in [9.17, 15) is 13.6 Å². The lowest BCUT2D eigenvalue weighted by molar-refractivity contribution is -0.140. The van der Waals surface area contributed by atoms with Crippen molar-refractivity contribution in [3.05, 3.63) is 30.6 Å². The van der Waals surface area contributed by atoms with E-state index in [1.54, 1.807) is 11.2 Å². The molecule has 1 aromatic carbocycles. The molecule has 7 heteroatoms. The van der Waals surface area contributed by atoms with E-state index in [0.717, 1.165) is 29.7 Å². The average molecular weight is 346 g/mol. The Balaban J connectivity index is 1.47. The van der Waals surface area contributed by atoms with Gasteiger partial charge in [0.1, 0.15) is 12.1 Å². The number of carbonyl (C=O) groups is 1. The van der Waals surface area contributed by atoms with Crippen molar-refractivity contribution in [3.8, 4) is 0 Å². The first-order valence-corrected chi connectivity index (χ1v) is 8.65. The molecule has 3 heterocycles. The van der Waals surface area contributed by atoms with Crippen molar-refractivity contribution in [1.82, 2.24) is 14.9 Å². The van der Waals surface area contributed by atoms with Gasteiger partial charge in [-0.2, -0.15) is 0 Å². The molecule has 4 rings (SSSR count). The Kier molecular flexibility index (Phi) is 4.01. The maximum absolute atomic E-state index is 13.3. The number of para-hydroxylation sites is 1. The lowest BCUT2D eigenvalue weighted by atomic mass is 10.0. The lowest BCUT2D eigenvalue weighted by Crippen LogP contribution is -2.45. The Hall–Kier alpha value is -2.31. The number of likely N-dealkylation sites (tertiary alicyclic amines) is 1. The van der Waals surface area contributed by atoms with Gasteiger partial charge in [0.25, 0.3) is 5.92 Å². The van der Waals surface area contributed by atoms with E-state index in [0.29, 0.717) is 6.54 Å². The van der Waals surface area contributed by atoms with Gasteiger partial charge in [-0.05, 0) is 18.6 Å². The molecule has 0 bridgehead atoms. The number of anilines is 1. The molecule has 25 heavy (non-hydrogen) atoms. The molecule has 0 radical (unpaired) electrons. The lowest BCUT2D eigenvalue weighted by Gasteiger charge is -2.33. The second-order valence-electron chi connectivity index (χ2n) is 6.83. The van der Waals surface area contributed by atoms with E-state index in [2.05, 4.69) is 14.9 Å². The van der Waals surface area contributed by atoms with Crippen LogP contribution >= 0.6 is 0 Å². The second-order valence-corrected chi connectivity index (χ2v) is 6.83. The maximum Gasteiger partial charge on any atom is 0.251 e. The van der Waals surface area contributed by atoms with Crippen LogP contribution in [0.5, 0.6) is 0 Å². The summed E-state index contributed by atoms with van der Waals surface area (Å²) < 4.78 is 26.6. The number of halogens is 2. The molecule has 2 aliphatic rings. The Labute approximate surface area is 144 Å². The van der Waals surface area contributed by atoms with Gasteiger partial charge in [-0.1, -0.05) is 12.1 Å². The molecule has 1 aromatic heterocycles. The van der Waals surface area contributed by atoms with Crippen molar-refractivity contribution in [2.45, 2.75) is 25.2 Å². The van der Waals surface area contributed by atoms with Crippen LogP contribution in [-0.4, -0.2) is 52.9 Å². The van der Waals surface area contributed by atoms with Gasteiger partial charge in [0, 0.05) is 44.4 Å². The summed E-state index contributed by atoms with van der Waals surface area (Å²) in [5.74, 6) is -1.94. The summed E-state index contributed by atoms with van der Waals surface area (Å²) >= 11 is 0. The number of aromatic nitrogens is 2. The second kappa shape index (κ2) is 6.20. The normalized spacial score (nSPS) is 23.2. The number of hydrogen-bond acceptors (Lipinski definition) is 4. The quantitative estimate of drug-likeness (QED) is 0.839. The zero-order valence-electron chi connectivity index (χ0n) is 13.9. The van der Waals surface area contributed by atoms with Crippen molar-refractivity contribution in [2.75, 3.05) is 31.1 Å². The summed E-state index contributed by atoms with van der Waals surface area (Å²) in [6.45, 7) is 1.62. The van der Waals surface area contributed by atoms with Crippen molar-refractivity contribution in [3.63, 3.8) is 0 Å². The van der Waals surface area contributed by atoms with Gasteiger partial charge < -0.3 is 9.80 Å². The zero-order valence-corrected chi connectivity index (χ0v) is 13.9. The molecule has 2 saturated heterocycles. The van der Waals surface area contributed by atoms with E-state index in [1.807, 2.05) is 24.3 Å². The van der Waals surface area contributed by atoms with Gasteiger partial charge in [0.15, 0.2) is 0 Å². The Morgan fingerprint density at radius 3 is 2.68 bits per heavy atom. The fourth-order valence-electron chi connectivity index (χ4n) is 3.71. The fraction of sp³-hybridized carbons (Fsp3) is 0.500. The van der Waals surface area contributed by atoms with Gasteiger partial charge >= 0.3 is 0 Å². The van der Waals surface area contributed by atoms with Gasteiger partial charge in [-0.25, -0.2) is 18.7 Å². The molecule has 0 spiro atoms. The monoisotopic (exact) mass is 346 g/mol. The number of nitrogens with zero attached hydrogens (tertiary/aromatic N) is 4. The van der Waals surface area contributed by atoms with Crippen LogP contribution in [-0.2, 0) is 4.79 Å². The standard InChI is InChI=1S/C18H20F2N4O/c19-18(20)6-9-23(10-7-18)17(25)13-5-8-24(11-13)16-14-3-1-2-4-15(14)21-12-22-16/h1-4,12-13H,5-11H2. The van der Waals surface area contributed by atoms with E-state index in [-0.39, 0.29) is 37.8 Å². The van der Waals surface area contributed by atoms with Crippen LogP contribution in [0.3, 0.4) is 0 Å². The number of fused-ring (bicyclic) bond motifs is 1. The molecular formula is C18H20F2N4O. The predicted molar refractivity (Wildman–Crippen MR) is 90.6 cm³/mol. The highest BCUT2D eigenvalue weighted by Crippen LogP contribution is 2.31. The smallest absolute Gasteiger partial charge is 0.251 e. The largest absolute Gasteiger partial charge is 0.355 e. The maximum atomic E-state index is 13.3. The highest BCUT2D eigenvalue weighted by molar-refractivity contribution is 5.90. The van der Waals surface area contributed by atoms with Crippen molar-refractivity contribution in [2.24, 2.45) is 5.92 Å². The molecule has 1 amide bonds. The SMILES string of the molecule is O=C(C1CCN(c2ncnc3ccccc23)C1)N1CCC(F)(F)CC1. The van der Waals surface area contributed by atoms with Crippen LogP contribution in [0.4, 0.5) is 14.6 Å². The molecule has 1 atom stereocenters. The van der Waals surface area contributed by atoms with Crippen LogP contribution in [0.2, 0.25) is 0 Å². The van der Waals surface area contributed by atoms with Crippen LogP contribution < -0.4 is 4.90 Å². The summed E-state index contributed by atoms with van der Waals surface area (Å²) in [6, 6.07) is 7.79. The van der Waals surface area contributed by atoms with E-state index in [1.165, 1.54) is 0 Å². The van der Waals surface area contributed by atoms with Crippen molar-refractivity contribution >= 4 is 22.6 Å². The molecule has 0 aliphatic carbocycles. The Morgan fingerprint density at radius 2 is 1.88 bits per heavy atom. The highest BCUT2D eigenvalue weighted by Gasteiger charge is 2.39. The topological polar surface area (TPSA) is 49.3 Å². The minimum Gasteiger partial charge on any atom is -0.355 e. The third-order valence-electron chi connectivity index (χ3n) is 5.17. The molecule has 2 aliphatic heterocycles. The molecule has 2 aromatic rings. The first-order valence-electron chi connectivity index (χ1n) is 8.65. The molecule has 2 fully saturated rings. The Bertz CT molecular complexity index is 782. The summed E-state index contributed by atoms with van der Waals surface area (Å²) in [5, 5.41) is 0.968. The minimum absolute atomic E-state index is 0.00337. The summed E-state index contributed by atoms with van der Waals surface area (Å²) in [4.78, 5) is 25.1. The number of alkyl halides is 2. The minimum atomic E-state index is -2.63.